The molecule has 2 aromatic carbocycles. The quantitative estimate of drug-likeness (QED) is 0.714. The predicted molar refractivity (Wildman–Crippen MR) is 112 cm³/mol. The van der Waals surface area contributed by atoms with Gasteiger partial charge in [0, 0.05) is 18.7 Å². The Morgan fingerprint density at radius 3 is 2.63 bits per heavy atom. The predicted octanol–water partition coefficient (Wildman–Crippen LogP) is 3.05. The molecule has 0 aliphatic carbocycles. The van der Waals surface area contributed by atoms with E-state index in [1.807, 2.05) is 30.3 Å². The maximum Gasteiger partial charge on any atom is 0.311 e. The van der Waals surface area contributed by atoms with Crippen LogP contribution in [0.15, 0.2) is 48.5 Å². The van der Waals surface area contributed by atoms with Gasteiger partial charge in [-0.3, -0.25) is 14.4 Å². The highest BCUT2D eigenvalue weighted by Gasteiger charge is 2.36. The summed E-state index contributed by atoms with van der Waals surface area (Å²) in [6.45, 7) is 2.24. The van der Waals surface area contributed by atoms with Gasteiger partial charge in [-0.25, -0.2) is 0 Å². The van der Waals surface area contributed by atoms with Gasteiger partial charge in [0.25, 0.3) is 0 Å². The van der Waals surface area contributed by atoms with Crippen LogP contribution >= 0.6 is 0 Å². The molecule has 0 radical (unpaired) electrons. The minimum absolute atomic E-state index is 0.0334. The van der Waals surface area contributed by atoms with Crippen LogP contribution in [0.4, 0.5) is 11.4 Å². The number of carbonyl (C=O) groups excluding carboxylic acids is 3. The van der Waals surface area contributed by atoms with Crippen molar-refractivity contribution < 1.29 is 19.1 Å². The minimum Gasteiger partial charge on any atom is -0.465 e. The number of carbonyl (C=O) groups is 3. The third kappa shape index (κ3) is 5.03. The third-order valence-corrected chi connectivity index (χ3v) is 5.01. The number of nitrogens with one attached hydrogen (secondary N) is 1. The van der Waals surface area contributed by atoms with Crippen molar-refractivity contribution in [1.29, 1.82) is 5.26 Å². The normalized spacial score (nSPS) is 15.5. The molecule has 7 heteroatoms. The standard InChI is InChI=1S/C23H23N3O4/c1-2-16-7-9-19(10-8-16)26-15-18(13-22(26)28)23(29)30-12-11-21(27)25-20-6-4-3-5-17(20)14-24/h3-10,18H,2,11-13,15H2,1H3,(H,25,27). The fourth-order valence-electron chi connectivity index (χ4n) is 3.29. The van der Waals surface area contributed by atoms with Crippen molar-refractivity contribution in [3.8, 4) is 6.07 Å². The highest BCUT2D eigenvalue weighted by Crippen LogP contribution is 2.26. The first kappa shape index (κ1) is 21.1. The molecule has 2 aromatic rings. The Kier molecular flexibility index (Phi) is 6.81. The van der Waals surface area contributed by atoms with E-state index in [-0.39, 0.29) is 37.8 Å². The lowest BCUT2D eigenvalue weighted by atomic mass is 10.1. The Bertz CT molecular complexity index is 979. The van der Waals surface area contributed by atoms with Crippen LogP contribution in [0.5, 0.6) is 0 Å². The van der Waals surface area contributed by atoms with Gasteiger partial charge in [0.15, 0.2) is 0 Å². The van der Waals surface area contributed by atoms with Crippen LogP contribution in [0.25, 0.3) is 0 Å². The number of esters is 1. The molecule has 1 fully saturated rings. The van der Waals surface area contributed by atoms with Crippen LogP contribution < -0.4 is 10.2 Å². The topological polar surface area (TPSA) is 99.5 Å². The zero-order valence-electron chi connectivity index (χ0n) is 16.8. The smallest absolute Gasteiger partial charge is 0.311 e. The number of ether oxygens (including phenoxy) is 1. The zero-order chi connectivity index (χ0) is 21.5. The molecule has 1 saturated heterocycles. The Hall–Kier alpha value is -3.66. The lowest BCUT2D eigenvalue weighted by Crippen LogP contribution is -2.26. The number of para-hydroxylation sites is 1. The molecule has 3 rings (SSSR count). The van der Waals surface area contributed by atoms with Crippen LogP contribution in [0.2, 0.25) is 0 Å². The second-order valence-electron chi connectivity index (χ2n) is 7.05. The number of nitriles is 1. The van der Waals surface area contributed by atoms with E-state index in [1.165, 1.54) is 5.56 Å². The van der Waals surface area contributed by atoms with Gasteiger partial charge in [0.2, 0.25) is 11.8 Å². The average molecular weight is 405 g/mol. The number of hydrogen-bond donors (Lipinski definition) is 1. The summed E-state index contributed by atoms with van der Waals surface area (Å²) in [5, 5.41) is 11.7. The fourth-order valence-corrected chi connectivity index (χ4v) is 3.29. The van der Waals surface area contributed by atoms with Gasteiger partial charge in [-0.2, -0.15) is 5.26 Å². The summed E-state index contributed by atoms with van der Waals surface area (Å²) in [4.78, 5) is 38.3. The summed E-state index contributed by atoms with van der Waals surface area (Å²) in [7, 11) is 0. The van der Waals surface area contributed by atoms with Gasteiger partial charge in [-0.05, 0) is 36.2 Å². The summed E-state index contributed by atoms with van der Waals surface area (Å²) in [5.74, 6) is -1.51. The maximum absolute atomic E-state index is 12.3. The average Bonchev–Trinajstić information content (AvgIpc) is 3.16. The Balaban J connectivity index is 1.47. The van der Waals surface area contributed by atoms with Gasteiger partial charge < -0.3 is 15.0 Å². The first-order chi connectivity index (χ1) is 14.5. The largest absolute Gasteiger partial charge is 0.465 e. The number of nitrogens with zero attached hydrogens (tertiary/aromatic N) is 2. The van der Waals surface area contributed by atoms with Crippen LogP contribution in [0.3, 0.4) is 0 Å². The molecule has 0 bridgehead atoms. The van der Waals surface area contributed by atoms with Gasteiger partial charge in [0.05, 0.1) is 23.6 Å². The zero-order valence-corrected chi connectivity index (χ0v) is 16.8. The third-order valence-electron chi connectivity index (χ3n) is 5.01. The molecule has 1 aliphatic heterocycles. The highest BCUT2D eigenvalue weighted by molar-refractivity contribution is 5.99. The van der Waals surface area contributed by atoms with E-state index < -0.39 is 11.9 Å². The summed E-state index contributed by atoms with van der Waals surface area (Å²) in [6, 6.07) is 16.4. The number of amides is 2. The number of aryl methyl sites for hydroxylation is 1. The SMILES string of the molecule is CCc1ccc(N2CC(C(=O)OCCC(=O)Nc3ccccc3C#N)CC2=O)cc1. The van der Waals surface area contributed by atoms with Crippen molar-refractivity contribution in [2.45, 2.75) is 26.2 Å². The van der Waals surface area contributed by atoms with Gasteiger partial charge in [0.1, 0.15) is 12.7 Å². The van der Waals surface area contributed by atoms with E-state index in [1.54, 1.807) is 29.2 Å². The second-order valence-corrected chi connectivity index (χ2v) is 7.05. The van der Waals surface area contributed by atoms with Gasteiger partial charge in [-0.1, -0.05) is 31.2 Å². The van der Waals surface area contributed by atoms with E-state index in [2.05, 4.69) is 12.2 Å². The summed E-state index contributed by atoms with van der Waals surface area (Å²) < 4.78 is 5.22. The number of benzene rings is 2. The molecule has 30 heavy (non-hydrogen) atoms. The Morgan fingerprint density at radius 2 is 1.93 bits per heavy atom. The first-order valence-corrected chi connectivity index (χ1v) is 9.86. The molecule has 1 unspecified atom stereocenters. The molecule has 1 heterocycles. The molecule has 1 aliphatic rings. The van der Waals surface area contributed by atoms with E-state index >= 15 is 0 Å². The molecule has 0 aromatic heterocycles. The van der Waals surface area contributed by atoms with Crippen molar-refractivity contribution in [1.82, 2.24) is 0 Å². The number of rotatable bonds is 7. The summed E-state index contributed by atoms with van der Waals surface area (Å²) in [6.07, 6.45) is 0.976. The number of hydrogen-bond acceptors (Lipinski definition) is 5. The van der Waals surface area contributed by atoms with E-state index in [4.69, 9.17) is 10.00 Å². The van der Waals surface area contributed by atoms with Crippen LogP contribution in [0, 0.1) is 17.2 Å². The molecule has 154 valence electrons. The van der Waals surface area contributed by atoms with Crippen molar-refractivity contribution in [3.63, 3.8) is 0 Å². The molecule has 1 N–H and O–H groups in total. The van der Waals surface area contributed by atoms with E-state index in [0.29, 0.717) is 11.3 Å². The summed E-state index contributed by atoms with van der Waals surface area (Å²) in [5.41, 5.74) is 2.72. The van der Waals surface area contributed by atoms with Gasteiger partial charge >= 0.3 is 5.97 Å². The lowest BCUT2D eigenvalue weighted by molar-refractivity contribution is -0.148. The van der Waals surface area contributed by atoms with E-state index in [0.717, 1.165) is 12.1 Å². The number of anilines is 2. The highest BCUT2D eigenvalue weighted by atomic mass is 16.5. The van der Waals surface area contributed by atoms with Gasteiger partial charge in [-0.15, -0.1) is 0 Å². The molecular weight excluding hydrogens is 382 g/mol. The monoisotopic (exact) mass is 405 g/mol. The van der Waals surface area contributed by atoms with Crippen molar-refractivity contribution in [2.24, 2.45) is 5.92 Å². The lowest BCUT2D eigenvalue weighted by Gasteiger charge is -2.17. The van der Waals surface area contributed by atoms with Crippen LogP contribution in [-0.4, -0.2) is 30.9 Å². The molecule has 1 atom stereocenters. The molecule has 2 amide bonds. The molecule has 7 nitrogen and oxygen atoms in total. The van der Waals surface area contributed by atoms with Crippen molar-refractivity contribution >= 4 is 29.2 Å². The van der Waals surface area contributed by atoms with Crippen molar-refractivity contribution in [3.05, 3.63) is 59.7 Å². The fraction of sp³-hybridized carbons (Fsp3) is 0.304. The maximum atomic E-state index is 12.3. The van der Waals surface area contributed by atoms with Crippen LogP contribution in [0.1, 0.15) is 30.9 Å². The Labute approximate surface area is 175 Å². The minimum atomic E-state index is -0.550. The molecular formula is C23H23N3O4. The van der Waals surface area contributed by atoms with Crippen LogP contribution in [-0.2, 0) is 25.5 Å². The molecule has 0 spiro atoms. The van der Waals surface area contributed by atoms with Crippen molar-refractivity contribution in [2.75, 3.05) is 23.4 Å². The first-order valence-electron chi connectivity index (χ1n) is 9.86. The Morgan fingerprint density at radius 1 is 1.20 bits per heavy atom. The van der Waals surface area contributed by atoms with E-state index in [9.17, 15) is 14.4 Å². The second kappa shape index (κ2) is 9.70. The summed E-state index contributed by atoms with van der Waals surface area (Å²) >= 11 is 0. The molecule has 0 saturated carbocycles.